The average molecular weight is 352 g/mol. The molecule has 3 rings (SSSR count). The maximum absolute atomic E-state index is 11.9. The second-order valence-electron chi connectivity index (χ2n) is 5.92. The summed E-state index contributed by atoms with van der Waals surface area (Å²) in [6.45, 7) is 2.55. The SMILES string of the molecule is CCCCOC(=O)Cc1cccc(-c2cc(=S)c3ccccc3o2)c1. The van der Waals surface area contributed by atoms with Gasteiger partial charge >= 0.3 is 5.97 Å². The highest BCUT2D eigenvalue weighted by atomic mass is 32.1. The third kappa shape index (κ3) is 4.34. The maximum Gasteiger partial charge on any atom is 0.310 e. The van der Waals surface area contributed by atoms with E-state index in [-0.39, 0.29) is 12.4 Å². The van der Waals surface area contributed by atoms with Crippen LogP contribution in [0.25, 0.3) is 22.3 Å². The van der Waals surface area contributed by atoms with E-state index in [2.05, 4.69) is 6.92 Å². The fourth-order valence-electron chi connectivity index (χ4n) is 2.63. The number of benzene rings is 2. The van der Waals surface area contributed by atoms with Crippen LogP contribution in [0.1, 0.15) is 25.3 Å². The van der Waals surface area contributed by atoms with Gasteiger partial charge in [-0.1, -0.05) is 55.9 Å². The Balaban J connectivity index is 1.84. The number of carbonyl (C=O) groups excluding carboxylic acids is 1. The van der Waals surface area contributed by atoms with Gasteiger partial charge in [-0.2, -0.15) is 0 Å². The highest BCUT2D eigenvalue weighted by Gasteiger charge is 2.08. The van der Waals surface area contributed by atoms with Crippen molar-refractivity contribution in [3.05, 3.63) is 64.7 Å². The Morgan fingerprint density at radius 3 is 2.80 bits per heavy atom. The molecule has 0 unspecified atom stereocenters. The van der Waals surface area contributed by atoms with Crippen LogP contribution in [0.2, 0.25) is 0 Å². The molecule has 0 bridgehead atoms. The van der Waals surface area contributed by atoms with Gasteiger partial charge in [-0.3, -0.25) is 4.79 Å². The van der Waals surface area contributed by atoms with Gasteiger partial charge in [0.05, 0.1) is 17.5 Å². The summed E-state index contributed by atoms with van der Waals surface area (Å²) in [7, 11) is 0. The predicted octanol–water partition coefficient (Wildman–Crippen LogP) is 5.72. The number of hydrogen-bond acceptors (Lipinski definition) is 4. The van der Waals surface area contributed by atoms with Gasteiger partial charge in [0.15, 0.2) is 0 Å². The van der Waals surface area contributed by atoms with E-state index < -0.39 is 0 Å². The van der Waals surface area contributed by atoms with E-state index in [0.717, 1.165) is 39.4 Å². The fraction of sp³-hybridized carbons (Fsp3) is 0.238. The van der Waals surface area contributed by atoms with Gasteiger partial charge in [-0.05, 0) is 30.2 Å². The zero-order chi connectivity index (χ0) is 17.6. The molecule has 4 heteroatoms. The molecule has 0 aliphatic heterocycles. The van der Waals surface area contributed by atoms with Crippen molar-refractivity contribution in [2.24, 2.45) is 0 Å². The summed E-state index contributed by atoms with van der Waals surface area (Å²) in [5.74, 6) is 0.495. The van der Waals surface area contributed by atoms with Crippen LogP contribution in [0.15, 0.2) is 59.0 Å². The van der Waals surface area contributed by atoms with E-state index in [4.69, 9.17) is 21.4 Å². The molecular weight excluding hydrogens is 332 g/mol. The monoisotopic (exact) mass is 352 g/mol. The number of ether oxygens (including phenoxy) is 1. The van der Waals surface area contributed by atoms with Crippen molar-refractivity contribution >= 4 is 29.2 Å². The average Bonchev–Trinajstić information content (AvgIpc) is 2.62. The highest BCUT2D eigenvalue weighted by Crippen LogP contribution is 2.26. The number of carbonyl (C=O) groups is 1. The Morgan fingerprint density at radius 1 is 1.12 bits per heavy atom. The molecule has 0 fully saturated rings. The first-order valence-corrected chi connectivity index (χ1v) is 8.86. The molecule has 25 heavy (non-hydrogen) atoms. The van der Waals surface area contributed by atoms with Crippen molar-refractivity contribution in [3.63, 3.8) is 0 Å². The third-order valence-electron chi connectivity index (χ3n) is 3.96. The van der Waals surface area contributed by atoms with E-state index in [1.165, 1.54) is 0 Å². The summed E-state index contributed by atoms with van der Waals surface area (Å²) in [5, 5.41) is 0.928. The van der Waals surface area contributed by atoms with Crippen molar-refractivity contribution in [1.82, 2.24) is 0 Å². The summed E-state index contributed by atoms with van der Waals surface area (Å²) in [6, 6.07) is 17.3. The zero-order valence-electron chi connectivity index (χ0n) is 14.2. The van der Waals surface area contributed by atoms with Crippen LogP contribution in [0.3, 0.4) is 0 Å². The van der Waals surface area contributed by atoms with Crippen LogP contribution >= 0.6 is 12.2 Å². The molecule has 0 amide bonds. The van der Waals surface area contributed by atoms with E-state index >= 15 is 0 Å². The van der Waals surface area contributed by atoms with Crippen molar-refractivity contribution in [2.45, 2.75) is 26.2 Å². The largest absolute Gasteiger partial charge is 0.465 e. The summed E-state index contributed by atoms with van der Waals surface area (Å²) in [6.07, 6.45) is 2.16. The van der Waals surface area contributed by atoms with Crippen molar-refractivity contribution in [2.75, 3.05) is 6.61 Å². The molecule has 2 aromatic carbocycles. The summed E-state index contributed by atoms with van der Waals surface area (Å²) >= 11 is 5.47. The van der Waals surface area contributed by atoms with Gasteiger partial charge < -0.3 is 9.15 Å². The Kier molecular flexibility index (Phi) is 5.61. The molecule has 0 aliphatic rings. The maximum atomic E-state index is 11.9. The standard InChI is InChI=1S/C21H20O3S/c1-2-3-11-23-21(22)13-15-7-6-8-16(12-15)19-14-20(25)17-9-4-5-10-18(17)24-19/h4-10,12,14H,2-3,11,13H2,1H3. The molecular formula is C21H20O3S. The first-order chi connectivity index (χ1) is 12.2. The van der Waals surface area contributed by atoms with Crippen LogP contribution in [0, 0.1) is 4.51 Å². The number of hydrogen-bond donors (Lipinski definition) is 0. The molecule has 1 heterocycles. The van der Waals surface area contributed by atoms with E-state index in [1.807, 2.05) is 54.6 Å². The van der Waals surface area contributed by atoms with Crippen LogP contribution in [0.5, 0.6) is 0 Å². The second kappa shape index (κ2) is 8.08. The minimum atomic E-state index is -0.204. The molecule has 0 saturated heterocycles. The molecule has 128 valence electrons. The van der Waals surface area contributed by atoms with Crippen LogP contribution in [0.4, 0.5) is 0 Å². The van der Waals surface area contributed by atoms with Crippen LogP contribution in [-0.2, 0) is 16.0 Å². The molecule has 3 aromatic rings. The third-order valence-corrected chi connectivity index (χ3v) is 4.29. The first kappa shape index (κ1) is 17.4. The Bertz CT molecular complexity index is 943. The quantitative estimate of drug-likeness (QED) is 0.323. The Morgan fingerprint density at radius 2 is 1.96 bits per heavy atom. The zero-order valence-corrected chi connectivity index (χ0v) is 15.0. The Hall–Kier alpha value is -2.46. The number of rotatable bonds is 6. The second-order valence-corrected chi connectivity index (χ2v) is 6.36. The predicted molar refractivity (Wildman–Crippen MR) is 102 cm³/mol. The summed E-state index contributed by atoms with van der Waals surface area (Å²) < 4.78 is 12.0. The lowest BCUT2D eigenvalue weighted by Gasteiger charge is -2.07. The van der Waals surface area contributed by atoms with E-state index in [0.29, 0.717) is 12.4 Å². The van der Waals surface area contributed by atoms with Crippen molar-refractivity contribution in [3.8, 4) is 11.3 Å². The summed E-state index contributed by atoms with van der Waals surface area (Å²) in [4.78, 5) is 11.9. The van der Waals surface area contributed by atoms with E-state index in [1.54, 1.807) is 0 Å². The fourth-order valence-corrected chi connectivity index (χ4v) is 2.90. The molecule has 0 N–H and O–H groups in total. The van der Waals surface area contributed by atoms with Gasteiger partial charge in [0.25, 0.3) is 0 Å². The van der Waals surface area contributed by atoms with Gasteiger partial charge in [-0.15, -0.1) is 0 Å². The minimum absolute atomic E-state index is 0.204. The smallest absolute Gasteiger partial charge is 0.310 e. The highest BCUT2D eigenvalue weighted by molar-refractivity contribution is 7.71. The lowest BCUT2D eigenvalue weighted by molar-refractivity contribution is -0.142. The lowest BCUT2D eigenvalue weighted by Crippen LogP contribution is -2.08. The van der Waals surface area contributed by atoms with E-state index in [9.17, 15) is 4.79 Å². The Labute approximate surface area is 152 Å². The van der Waals surface area contributed by atoms with Gasteiger partial charge in [-0.25, -0.2) is 0 Å². The van der Waals surface area contributed by atoms with Crippen LogP contribution < -0.4 is 0 Å². The number of para-hydroxylation sites is 1. The minimum Gasteiger partial charge on any atom is -0.465 e. The van der Waals surface area contributed by atoms with Gasteiger partial charge in [0.1, 0.15) is 11.3 Å². The van der Waals surface area contributed by atoms with Crippen molar-refractivity contribution < 1.29 is 13.9 Å². The van der Waals surface area contributed by atoms with Crippen molar-refractivity contribution in [1.29, 1.82) is 0 Å². The molecule has 0 aliphatic carbocycles. The molecule has 0 saturated carbocycles. The number of unbranched alkanes of at least 4 members (excludes halogenated alkanes) is 1. The summed E-state index contributed by atoms with van der Waals surface area (Å²) in [5.41, 5.74) is 2.55. The van der Waals surface area contributed by atoms with Gasteiger partial charge in [0, 0.05) is 17.0 Å². The normalized spacial score (nSPS) is 10.8. The molecule has 0 radical (unpaired) electrons. The van der Waals surface area contributed by atoms with Gasteiger partial charge in [0.2, 0.25) is 0 Å². The number of esters is 1. The first-order valence-electron chi connectivity index (χ1n) is 8.45. The molecule has 0 spiro atoms. The van der Waals surface area contributed by atoms with Crippen LogP contribution in [-0.4, -0.2) is 12.6 Å². The molecule has 3 nitrogen and oxygen atoms in total. The molecule has 1 aromatic heterocycles. The number of fused-ring (bicyclic) bond motifs is 1. The topological polar surface area (TPSA) is 39.4 Å². The lowest BCUT2D eigenvalue weighted by atomic mass is 10.1. The molecule has 0 atom stereocenters.